The van der Waals surface area contributed by atoms with Crippen molar-refractivity contribution in [3.8, 4) is 0 Å². The van der Waals surface area contributed by atoms with Gasteiger partial charge >= 0.3 is 0 Å². The lowest BCUT2D eigenvalue weighted by Gasteiger charge is -2.21. The molecule has 0 heterocycles. The summed E-state index contributed by atoms with van der Waals surface area (Å²) in [6.45, 7) is 6.40. The first-order valence-corrected chi connectivity index (χ1v) is 6.05. The van der Waals surface area contributed by atoms with Crippen molar-refractivity contribution < 1.29 is 10.2 Å². The van der Waals surface area contributed by atoms with Crippen molar-refractivity contribution >= 4 is 17.3 Å². The Morgan fingerprint density at radius 1 is 1.35 bits per heavy atom. The molecular weight excluding hydrogens is 238 g/mol. The molecule has 1 atom stereocenters. The summed E-state index contributed by atoms with van der Waals surface area (Å²) in [4.78, 5) is 0. The summed E-state index contributed by atoms with van der Waals surface area (Å²) in [5.41, 5.74) is 2.01. The van der Waals surface area contributed by atoms with E-state index in [9.17, 15) is 5.11 Å². The molecule has 3 N–H and O–H groups in total. The van der Waals surface area contributed by atoms with Gasteiger partial charge in [0.05, 0.1) is 23.4 Å². The summed E-state index contributed by atoms with van der Waals surface area (Å²) in [6, 6.07) is 5.82. The first-order valence-electron chi connectivity index (χ1n) is 5.67. The van der Waals surface area contributed by atoms with Crippen LogP contribution < -0.4 is 5.32 Å². The van der Waals surface area contributed by atoms with Crippen LogP contribution in [0, 0.1) is 0 Å². The van der Waals surface area contributed by atoms with Crippen LogP contribution in [0.2, 0.25) is 5.02 Å². The summed E-state index contributed by atoms with van der Waals surface area (Å²) in [5, 5.41) is 21.7. The number of aliphatic hydroxyl groups is 2. The zero-order valence-corrected chi connectivity index (χ0v) is 11.3. The first-order chi connectivity index (χ1) is 7.84. The molecule has 1 aromatic rings. The van der Waals surface area contributed by atoms with Crippen molar-refractivity contribution in [2.24, 2.45) is 0 Å². The van der Waals surface area contributed by atoms with E-state index in [1.165, 1.54) is 5.56 Å². The Morgan fingerprint density at radius 3 is 2.53 bits per heavy atom. The van der Waals surface area contributed by atoms with Crippen LogP contribution in [0.15, 0.2) is 18.2 Å². The molecule has 3 nitrogen and oxygen atoms in total. The highest BCUT2D eigenvalue weighted by Crippen LogP contribution is 2.29. The lowest BCUT2D eigenvalue weighted by Crippen LogP contribution is -2.23. The van der Waals surface area contributed by atoms with E-state index < -0.39 is 6.10 Å². The molecule has 0 aliphatic carbocycles. The Labute approximate surface area is 107 Å². The van der Waals surface area contributed by atoms with Gasteiger partial charge in [0.15, 0.2) is 0 Å². The molecule has 1 aromatic carbocycles. The van der Waals surface area contributed by atoms with Gasteiger partial charge < -0.3 is 15.5 Å². The predicted molar refractivity (Wildman–Crippen MR) is 71.7 cm³/mol. The summed E-state index contributed by atoms with van der Waals surface area (Å²) < 4.78 is 0. The highest BCUT2D eigenvalue weighted by molar-refractivity contribution is 6.33. The van der Waals surface area contributed by atoms with Gasteiger partial charge in [0, 0.05) is 6.54 Å². The third kappa shape index (κ3) is 4.19. The summed E-state index contributed by atoms with van der Waals surface area (Å²) in [7, 11) is 0. The van der Waals surface area contributed by atoms with Crippen LogP contribution in [0.3, 0.4) is 0 Å². The van der Waals surface area contributed by atoms with E-state index in [0.29, 0.717) is 5.02 Å². The molecule has 1 unspecified atom stereocenters. The number of anilines is 1. The minimum atomic E-state index is -0.774. The van der Waals surface area contributed by atoms with E-state index >= 15 is 0 Å². The number of hydrogen-bond acceptors (Lipinski definition) is 3. The van der Waals surface area contributed by atoms with Gasteiger partial charge in [-0.15, -0.1) is 0 Å². The van der Waals surface area contributed by atoms with Crippen molar-refractivity contribution in [3.63, 3.8) is 0 Å². The van der Waals surface area contributed by atoms with Crippen LogP contribution >= 0.6 is 11.6 Å². The van der Waals surface area contributed by atoms with E-state index in [1.54, 1.807) is 0 Å². The minimum absolute atomic E-state index is 0.0522. The smallest absolute Gasteiger partial charge is 0.0942 e. The van der Waals surface area contributed by atoms with Crippen LogP contribution in [0.25, 0.3) is 0 Å². The number of hydrogen-bond donors (Lipinski definition) is 3. The number of rotatable bonds is 4. The van der Waals surface area contributed by atoms with Crippen molar-refractivity contribution in [3.05, 3.63) is 28.8 Å². The molecule has 0 aliphatic rings. The molecule has 0 aromatic heterocycles. The van der Waals surface area contributed by atoms with Crippen molar-refractivity contribution in [2.75, 3.05) is 18.5 Å². The van der Waals surface area contributed by atoms with Gasteiger partial charge in [0.25, 0.3) is 0 Å². The highest BCUT2D eigenvalue weighted by Gasteiger charge is 2.15. The van der Waals surface area contributed by atoms with E-state index in [-0.39, 0.29) is 18.6 Å². The van der Waals surface area contributed by atoms with Gasteiger partial charge in [-0.05, 0) is 23.1 Å². The molecule has 1 rings (SSSR count). The third-order valence-electron chi connectivity index (χ3n) is 2.57. The second kappa shape index (κ2) is 5.71. The first kappa shape index (κ1) is 14.3. The van der Waals surface area contributed by atoms with Gasteiger partial charge in [0.2, 0.25) is 0 Å². The molecule has 0 bridgehead atoms. The van der Waals surface area contributed by atoms with Gasteiger partial charge in [-0.3, -0.25) is 0 Å². The van der Waals surface area contributed by atoms with Crippen molar-refractivity contribution in [1.29, 1.82) is 0 Å². The van der Waals surface area contributed by atoms with Crippen LogP contribution in [0.5, 0.6) is 0 Å². The Hall–Kier alpha value is -0.770. The molecule has 0 aliphatic heterocycles. The fourth-order valence-corrected chi connectivity index (χ4v) is 1.60. The maximum Gasteiger partial charge on any atom is 0.0942 e. The van der Waals surface area contributed by atoms with E-state index in [2.05, 4.69) is 26.1 Å². The highest BCUT2D eigenvalue weighted by atomic mass is 35.5. The minimum Gasteiger partial charge on any atom is -0.394 e. The second-order valence-electron chi connectivity index (χ2n) is 5.16. The molecule has 0 fully saturated rings. The fourth-order valence-electron chi connectivity index (χ4n) is 1.42. The quantitative estimate of drug-likeness (QED) is 0.776. The molecule has 17 heavy (non-hydrogen) atoms. The lowest BCUT2D eigenvalue weighted by atomic mass is 9.87. The van der Waals surface area contributed by atoms with Crippen LogP contribution in [0.1, 0.15) is 26.3 Å². The summed E-state index contributed by atoms with van der Waals surface area (Å²) >= 11 is 6.07. The maximum absolute atomic E-state index is 9.28. The fraction of sp³-hybridized carbons (Fsp3) is 0.538. The normalized spacial score (nSPS) is 13.5. The Bertz CT molecular complexity index is 374. The van der Waals surface area contributed by atoms with Crippen molar-refractivity contribution in [1.82, 2.24) is 0 Å². The zero-order chi connectivity index (χ0) is 13.1. The number of aliphatic hydroxyl groups excluding tert-OH is 2. The zero-order valence-electron chi connectivity index (χ0n) is 10.5. The van der Waals surface area contributed by atoms with Crippen LogP contribution in [-0.2, 0) is 5.41 Å². The van der Waals surface area contributed by atoms with Gasteiger partial charge in [-0.2, -0.15) is 0 Å². The largest absolute Gasteiger partial charge is 0.394 e. The van der Waals surface area contributed by atoms with E-state index in [0.717, 1.165) is 5.69 Å². The standard InChI is InChI=1S/C13H20ClNO2/c1-13(2,3)9-4-5-11(14)12(6-9)15-7-10(17)8-16/h4-6,10,15-17H,7-8H2,1-3H3. The summed E-state index contributed by atoms with van der Waals surface area (Å²) in [6.07, 6.45) is -0.774. The van der Waals surface area contributed by atoms with Crippen molar-refractivity contribution in [2.45, 2.75) is 32.3 Å². The molecular formula is C13H20ClNO2. The molecule has 96 valence electrons. The number of halogens is 1. The lowest BCUT2D eigenvalue weighted by molar-refractivity contribution is 0.105. The Morgan fingerprint density at radius 2 is 2.00 bits per heavy atom. The average Bonchev–Trinajstić information content (AvgIpc) is 2.26. The Kier molecular flexibility index (Phi) is 4.80. The molecule has 0 spiro atoms. The molecule has 0 radical (unpaired) electrons. The van der Waals surface area contributed by atoms with E-state index in [1.807, 2.05) is 18.2 Å². The Balaban J connectivity index is 2.84. The topological polar surface area (TPSA) is 52.5 Å². The summed E-state index contributed by atoms with van der Waals surface area (Å²) in [5.74, 6) is 0. The molecule has 0 saturated heterocycles. The maximum atomic E-state index is 9.28. The molecule has 4 heteroatoms. The SMILES string of the molecule is CC(C)(C)c1ccc(Cl)c(NCC(O)CO)c1. The average molecular weight is 258 g/mol. The van der Waals surface area contributed by atoms with Gasteiger partial charge in [-0.25, -0.2) is 0 Å². The van der Waals surface area contributed by atoms with Gasteiger partial charge in [0.1, 0.15) is 0 Å². The second-order valence-corrected chi connectivity index (χ2v) is 5.57. The molecule has 0 saturated carbocycles. The third-order valence-corrected chi connectivity index (χ3v) is 2.90. The van der Waals surface area contributed by atoms with Gasteiger partial charge in [-0.1, -0.05) is 38.4 Å². The monoisotopic (exact) mass is 257 g/mol. The predicted octanol–water partition coefficient (Wildman–Crippen LogP) is 2.40. The molecule has 0 amide bonds. The number of benzene rings is 1. The van der Waals surface area contributed by atoms with Crippen LogP contribution in [0.4, 0.5) is 5.69 Å². The van der Waals surface area contributed by atoms with E-state index in [4.69, 9.17) is 16.7 Å². The van der Waals surface area contributed by atoms with Crippen LogP contribution in [-0.4, -0.2) is 29.5 Å². The number of nitrogens with one attached hydrogen (secondary N) is 1.